The fourth-order valence-corrected chi connectivity index (χ4v) is 1.67. The average molecular weight is 266 g/mol. The molecule has 0 amide bonds. The van der Waals surface area contributed by atoms with Gasteiger partial charge in [-0.05, 0) is 38.1 Å². The summed E-state index contributed by atoms with van der Waals surface area (Å²) in [7, 11) is 0. The summed E-state index contributed by atoms with van der Waals surface area (Å²) in [6.45, 7) is 4.70. The maximum Gasteiger partial charge on any atom is 0.216 e. The van der Waals surface area contributed by atoms with Crippen LogP contribution >= 0.6 is 11.6 Å². The van der Waals surface area contributed by atoms with Crippen LogP contribution in [-0.4, -0.2) is 29.8 Å². The summed E-state index contributed by atoms with van der Waals surface area (Å²) in [5, 5.41) is 0. The summed E-state index contributed by atoms with van der Waals surface area (Å²) in [5.74, 6) is 1.31. The number of aliphatic imine (C=N–C) groups is 2. The molecule has 0 saturated carbocycles. The fourth-order valence-electron chi connectivity index (χ4n) is 1.61. The Kier molecular flexibility index (Phi) is 3.57. The van der Waals surface area contributed by atoms with Crippen molar-refractivity contribution in [2.24, 2.45) is 15.7 Å². The number of hydrogen-bond donors (Lipinski definition) is 1. The minimum absolute atomic E-state index is 0.144. The van der Waals surface area contributed by atoms with Gasteiger partial charge < -0.3 is 10.5 Å². The van der Waals surface area contributed by atoms with E-state index in [0.29, 0.717) is 18.3 Å². The predicted molar refractivity (Wildman–Crippen MR) is 75.0 cm³/mol. The standard InChI is InChI=1S/C13H16ClN3O/c1-13(2)8-18-12(17-13)9-3-5-10(6-4-9)16-11(15)7-14/h3-6H,7-8H2,1-2H3,(H2,15,16). The van der Waals surface area contributed by atoms with E-state index in [1.165, 1.54) is 0 Å². The number of alkyl halides is 1. The number of benzene rings is 1. The zero-order chi connectivity index (χ0) is 13.2. The van der Waals surface area contributed by atoms with Gasteiger partial charge >= 0.3 is 0 Å². The molecule has 1 aliphatic heterocycles. The van der Waals surface area contributed by atoms with Crippen molar-refractivity contribution in [2.45, 2.75) is 19.4 Å². The number of hydrogen-bond acceptors (Lipinski definition) is 3. The highest BCUT2D eigenvalue weighted by molar-refractivity contribution is 6.28. The van der Waals surface area contributed by atoms with Gasteiger partial charge in [-0.25, -0.2) is 9.98 Å². The largest absolute Gasteiger partial charge is 0.475 e. The molecule has 2 N–H and O–H groups in total. The molecule has 96 valence electrons. The lowest BCUT2D eigenvalue weighted by molar-refractivity contribution is 0.279. The second kappa shape index (κ2) is 4.98. The van der Waals surface area contributed by atoms with Crippen LogP contribution in [0.25, 0.3) is 0 Å². The van der Waals surface area contributed by atoms with Gasteiger partial charge in [-0.15, -0.1) is 11.6 Å². The fraction of sp³-hybridized carbons (Fsp3) is 0.385. The smallest absolute Gasteiger partial charge is 0.216 e. The summed E-state index contributed by atoms with van der Waals surface area (Å²) in [6.07, 6.45) is 0. The molecule has 18 heavy (non-hydrogen) atoms. The maximum atomic E-state index is 5.57. The van der Waals surface area contributed by atoms with E-state index in [9.17, 15) is 0 Å². The number of nitrogens with zero attached hydrogens (tertiary/aromatic N) is 2. The quantitative estimate of drug-likeness (QED) is 0.518. The van der Waals surface area contributed by atoms with Gasteiger partial charge in [-0.1, -0.05) is 0 Å². The van der Waals surface area contributed by atoms with E-state index in [1.54, 1.807) is 0 Å². The van der Waals surface area contributed by atoms with E-state index in [4.69, 9.17) is 22.1 Å². The summed E-state index contributed by atoms with van der Waals surface area (Å²) < 4.78 is 5.56. The third kappa shape index (κ3) is 3.01. The first kappa shape index (κ1) is 12.9. The average Bonchev–Trinajstić information content (AvgIpc) is 2.70. The van der Waals surface area contributed by atoms with Crippen molar-refractivity contribution in [3.8, 4) is 0 Å². The van der Waals surface area contributed by atoms with E-state index in [-0.39, 0.29) is 11.4 Å². The minimum Gasteiger partial charge on any atom is -0.475 e. The molecule has 0 fully saturated rings. The van der Waals surface area contributed by atoms with Crippen LogP contribution in [0.15, 0.2) is 34.3 Å². The molecule has 0 bridgehead atoms. The van der Waals surface area contributed by atoms with E-state index >= 15 is 0 Å². The van der Waals surface area contributed by atoms with Gasteiger partial charge in [0.05, 0.1) is 17.1 Å². The molecule has 0 spiro atoms. The Bertz CT molecular complexity index is 491. The third-order valence-electron chi connectivity index (χ3n) is 2.49. The van der Waals surface area contributed by atoms with Gasteiger partial charge in [0.1, 0.15) is 12.4 Å². The van der Waals surface area contributed by atoms with Crippen LogP contribution < -0.4 is 5.73 Å². The van der Waals surface area contributed by atoms with Crippen LogP contribution in [0.1, 0.15) is 19.4 Å². The van der Waals surface area contributed by atoms with Crippen molar-refractivity contribution in [3.63, 3.8) is 0 Å². The minimum atomic E-state index is -0.144. The molecular weight excluding hydrogens is 250 g/mol. The molecule has 0 unspecified atom stereocenters. The van der Waals surface area contributed by atoms with Crippen LogP contribution in [-0.2, 0) is 4.74 Å². The molecule has 1 aromatic carbocycles. The Balaban J connectivity index is 2.19. The number of amidine groups is 1. The summed E-state index contributed by atoms with van der Waals surface area (Å²) >= 11 is 5.57. The molecule has 5 heteroatoms. The van der Waals surface area contributed by atoms with E-state index in [2.05, 4.69) is 9.98 Å². The zero-order valence-corrected chi connectivity index (χ0v) is 11.2. The van der Waals surface area contributed by atoms with Crippen molar-refractivity contribution in [3.05, 3.63) is 29.8 Å². The van der Waals surface area contributed by atoms with Crippen LogP contribution in [0.2, 0.25) is 0 Å². The van der Waals surface area contributed by atoms with Crippen LogP contribution in [0.3, 0.4) is 0 Å². The van der Waals surface area contributed by atoms with Gasteiger partial charge in [0.25, 0.3) is 0 Å². The first-order chi connectivity index (χ1) is 8.50. The number of halogens is 1. The number of nitrogens with two attached hydrogens (primary N) is 1. The Morgan fingerprint density at radius 2 is 2.11 bits per heavy atom. The van der Waals surface area contributed by atoms with Gasteiger partial charge in [-0.3, -0.25) is 0 Å². The van der Waals surface area contributed by atoms with Crippen LogP contribution in [0, 0.1) is 0 Å². The number of rotatable bonds is 3. The van der Waals surface area contributed by atoms with Crippen molar-refractivity contribution in [2.75, 3.05) is 12.5 Å². The topological polar surface area (TPSA) is 60.0 Å². The van der Waals surface area contributed by atoms with Crippen molar-refractivity contribution >= 4 is 29.0 Å². The molecule has 0 aliphatic carbocycles. The molecule has 0 radical (unpaired) electrons. The summed E-state index contributed by atoms with van der Waals surface area (Å²) in [4.78, 5) is 8.67. The molecule has 1 heterocycles. The Labute approximate surface area is 112 Å². The van der Waals surface area contributed by atoms with Crippen molar-refractivity contribution in [1.29, 1.82) is 0 Å². The van der Waals surface area contributed by atoms with Gasteiger partial charge in [-0.2, -0.15) is 0 Å². The van der Waals surface area contributed by atoms with Crippen LogP contribution in [0.5, 0.6) is 0 Å². The molecule has 0 aromatic heterocycles. The summed E-state index contributed by atoms with van der Waals surface area (Å²) in [5.41, 5.74) is 7.15. The lowest BCUT2D eigenvalue weighted by atomic mass is 10.1. The first-order valence-corrected chi connectivity index (χ1v) is 6.26. The lowest BCUT2D eigenvalue weighted by Gasteiger charge is -2.07. The second-order valence-electron chi connectivity index (χ2n) is 4.80. The molecule has 1 aliphatic rings. The maximum absolute atomic E-state index is 5.57. The highest BCUT2D eigenvalue weighted by atomic mass is 35.5. The van der Waals surface area contributed by atoms with E-state index < -0.39 is 0 Å². The second-order valence-corrected chi connectivity index (χ2v) is 5.07. The zero-order valence-electron chi connectivity index (χ0n) is 10.5. The van der Waals surface area contributed by atoms with Gasteiger partial charge in [0.2, 0.25) is 5.90 Å². The summed E-state index contributed by atoms with van der Waals surface area (Å²) in [6, 6.07) is 7.57. The van der Waals surface area contributed by atoms with Gasteiger partial charge in [0, 0.05) is 5.56 Å². The number of ether oxygens (including phenoxy) is 1. The predicted octanol–water partition coefficient (Wildman–Crippen LogP) is 2.47. The lowest BCUT2D eigenvalue weighted by Crippen LogP contribution is -2.17. The highest BCUT2D eigenvalue weighted by Crippen LogP contribution is 2.22. The molecule has 2 rings (SSSR count). The Morgan fingerprint density at radius 3 is 2.61 bits per heavy atom. The normalized spacial score (nSPS) is 18.4. The van der Waals surface area contributed by atoms with Crippen molar-refractivity contribution in [1.82, 2.24) is 0 Å². The molecule has 0 atom stereocenters. The SMILES string of the molecule is CC1(C)COC(c2ccc(N=C(N)CCl)cc2)=N1. The third-order valence-corrected chi connectivity index (χ3v) is 2.76. The van der Waals surface area contributed by atoms with Gasteiger partial charge in [0.15, 0.2) is 0 Å². The van der Waals surface area contributed by atoms with Crippen LogP contribution in [0.4, 0.5) is 5.69 Å². The molecule has 0 saturated heterocycles. The monoisotopic (exact) mass is 265 g/mol. The Morgan fingerprint density at radius 1 is 1.44 bits per heavy atom. The van der Waals surface area contributed by atoms with Crippen molar-refractivity contribution < 1.29 is 4.74 Å². The highest BCUT2D eigenvalue weighted by Gasteiger charge is 2.26. The van der Waals surface area contributed by atoms with E-state index in [0.717, 1.165) is 11.3 Å². The molecule has 1 aromatic rings. The van der Waals surface area contributed by atoms with E-state index in [1.807, 2.05) is 38.1 Å². The molecule has 4 nitrogen and oxygen atoms in total. The Hall–Kier alpha value is -1.55. The molecular formula is C13H16ClN3O. The first-order valence-electron chi connectivity index (χ1n) is 5.72.